The molecule has 7 nitrogen and oxygen atoms in total. The number of benzene rings is 2. The van der Waals surface area contributed by atoms with Gasteiger partial charge in [0.25, 0.3) is 16.3 Å². The molecule has 2 aliphatic rings. The molecule has 11 heteroatoms. The topological polar surface area (TPSA) is 60.5 Å². The van der Waals surface area contributed by atoms with Gasteiger partial charge < -0.3 is 23.0 Å². The maximum Gasteiger partial charge on any atom is 0.284 e. The highest BCUT2D eigenvalue weighted by Gasteiger charge is 2.28. The van der Waals surface area contributed by atoms with Gasteiger partial charge in [-0.2, -0.15) is 0 Å². The molecule has 4 heterocycles. The summed E-state index contributed by atoms with van der Waals surface area (Å²) >= 11 is 20.2. The van der Waals surface area contributed by atoms with E-state index in [1.54, 1.807) is 18.1 Å². The Labute approximate surface area is 307 Å². The lowest BCUT2D eigenvalue weighted by Gasteiger charge is -2.09. The second-order valence-corrected chi connectivity index (χ2v) is 10.4. The summed E-state index contributed by atoms with van der Waals surface area (Å²) in [7, 11) is 1.59. The first-order valence-electron chi connectivity index (χ1n) is 15.4. The highest BCUT2D eigenvalue weighted by molar-refractivity contribution is 7.82. The van der Waals surface area contributed by atoms with Crippen LogP contribution in [-0.2, 0) is 9.47 Å². The highest BCUT2D eigenvalue weighted by atomic mass is 32.1. The normalized spacial score (nSPS) is 13.7. The monoisotopic (exact) mass is 726 g/mol. The Balaban J connectivity index is 0.000000366. The molecule has 2 saturated heterocycles. The summed E-state index contributed by atoms with van der Waals surface area (Å²) in [4.78, 5) is 4.98. The summed E-state index contributed by atoms with van der Waals surface area (Å²) in [6.45, 7) is 14.0. The average molecular weight is 727 g/mol. The standard InChI is InChI=1S/C16H13NO2S2.C11H10O2.C5H7NOS2.2C2H6.CH4/c1-2-17-15(20)14(19-16(17)21)10-12-8-9-13(18-12)11-6-4-3-5-7-11;1-12-11-8-7-10(13-11)9-5-3-2-4-6-9;1-2-6-4(8)3-7-5(6)9;2*1-2;/h3-10H,2H2,1H3;2-8H,1H3;2-3H2,1H3;2*1-2H3;1H4/b14-10-;;;;;. The summed E-state index contributed by atoms with van der Waals surface area (Å²) in [6.07, 6.45) is 1.77. The Morgan fingerprint density at radius 3 is 1.62 bits per heavy atom. The summed E-state index contributed by atoms with van der Waals surface area (Å²) in [5.74, 6) is 3.43. The van der Waals surface area contributed by atoms with E-state index < -0.39 is 0 Å². The molecule has 2 aromatic heterocycles. The third kappa shape index (κ3) is 12.0. The van der Waals surface area contributed by atoms with Crippen LogP contribution in [0.2, 0.25) is 0 Å². The first kappa shape index (κ1) is 42.1. The van der Waals surface area contributed by atoms with Crippen molar-refractivity contribution in [1.82, 2.24) is 9.80 Å². The van der Waals surface area contributed by atoms with Gasteiger partial charge in [-0.05, 0) is 56.5 Å². The van der Waals surface area contributed by atoms with Gasteiger partial charge in [0.1, 0.15) is 28.9 Å². The molecule has 0 radical (unpaired) electrons. The molecule has 0 aliphatic carbocycles. The molecule has 0 unspecified atom stereocenters. The minimum atomic E-state index is 0. The van der Waals surface area contributed by atoms with Crippen LogP contribution in [0.3, 0.4) is 0 Å². The smallest absolute Gasteiger partial charge is 0.284 e. The van der Waals surface area contributed by atoms with Crippen molar-refractivity contribution in [2.45, 2.75) is 49.0 Å². The van der Waals surface area contributed by atoms with E-state index in [1.807, 2.05) is 131 Å². The van der Waals surface area contributed by atoms with E-state index in [0.717, 1.165) is 34.2 Å². The number of furan rings is 2. The molecule has 0 atom stereocenters. The highest BCUT2D eigenvalue weighted by Crippen LogP contribution is 2.27. The van der Waals surface area contributed by atoms with E-state index in [0.29, 0.717) is 46.0 Å². The largest absolute Gasteiger partial charge is 0.468 e. The van der Waals surface area contributed by atoms with Crippen molar-refractivity contribution < 1.29 is 23.0 Å². The number of rotatable bonds is 6. The second-order valence-electron chi connectivity index (χ2n) is 8.88. The van der Waals surface area contributed by atoms with Gasteiger partial charge in [0, 0.05) is 36.4 Å². The summed E-state index contributed by atoms with van der Waals surface area (Å²) in [5, 5.41) is 0.908. The van der Waals surface area contributed by atoms with Crippen LogP contribution in [0.15, 0.2) is 99.5 Å². The fraction of sp³-hybridized carbons (Fsp3) is 0.297. The van der Waals surface area contributed by atoms with Gasteiger partial charge in [-0.3, -0.25) is 9.80 Å². The fourth-order valence-corrected chi connectivity index (χ4v) is 5.27. The number of thiocarbonyl (C=S) groups is 4. The average Bonchev–Trinajstić information content (AvgIpc) is 3.92. The first-order chi connectivity index (χ1) is 22.8. The van der Waals surface area contributed by atoms with Crippen molar-refractivity contribution >= 4 is 75.3 Å². The molecule has 2 aliphatic heterocycles. The van der Waals surface area contributed by atoms with E-state index in [-0.39, 0.29) is 7.43 Å². The van der Waals surface area contributed by atoms with Crippen molar-refractivity contribution in [3.8, 4) is 28.6 Å². The molecular formula is C37H46N2O5S4. The van der Waals surface area contributed by atoms with Crippen LogP contribution >= 0.6 is 48.9 Å². The van der Waals surface area contributed by atoms with Gasteiger partial charge in [0.15, 0.2) is 10.7 Å². The molecule has 258 valence electrons. The number of hydrogen-bond acceptors (Lipinski definition) is 9. The molecule has 6 rings (SSSR count). The van der Waals surface area contributed by atoms with Gasteiger partial charge in [-0.25, -0.2) is 0 Å². The first-order valence-corrected chi connectivity index (χ1v) is 17.0. The van der Waals surface area contributed by atoms with Gasteiger partial charge >= 0.3 is 0 Å². The van der Waals surface area contributed by atoms with Crippen molar-refractivity contribution in [2.24, 2.45) is 0 Å². The van der Waals surface area contributed by atoms with Crippen LogP contribution in [0, 0.1) is 0 Å². The van der Waals surface area contributed by atoms with Crippen LogP contribution in [0.1, 0.15) is 54.7 Å². The number of likely N-dealkylation sites (N-methyl/N-ethyl adjacent to an activating group) is 2. The van der Waals surface area contributed by atoms with Crippen molar-refractivity contribution in [1.29, 1.82) is 0 Å². The number of hydrogen-bond donors (Lipinski definition) is 0. The SMILES string of the molecule is C.CC.CC.CCN1C(=S)COC1=S.CCN1C(=S)O/C(=C\c2ccc(-c3ccccc3)o2)C1=S.COc1ccc(-c2ccccc2)o1. The molecule has 0 bridgehead atoms. The lowest BCUT2D eigenvalue weighted by molar-refractivity contribution is 0.309. The number of ether oxygens (including phenoxy) is 3. The zero-order valence-electron chi connectivity index (χ0n) is 27.9. The molecule has 0 amide bonds. The van der Waals surface area contributed by atoms with Gasteiger partial charge in [-0.15, -0.1) is 0 Å². The summed E-state index contributed by atoms with van der Waals surface area (Å²) in [5.41, 5.74) is 2.09. The van der Waals surface area contributed by atoms with E-state index >= 15 is 0 Å². The minimum absolute atomic E-state index is 0. The second kappa shape index (κ2) is 22.6. The third-order valence-electron chi connectivity index (χ3n) is 6.15. The molecule has 2 fully saturated rings. The minimum Gasteiger partial charge on any atom is -0.468 e. The Morgan fingerprint density at radius 2 is 1.21 bits per heavy atom. The molecular weight excluding hydrogens is 681 g/mol. The number of methoxy groups -OCH3 is 1. The molecule has 0 saturated carbocycles. The van der Waals surface area contributed by atoms with E-state index in [1.165, 1.54) is 0 Å². The molecule has 0 spiro atoms. The van der Waals surface area contributed by atoms with Gasteiger partial charge in [-0.1, -0.05) is 120 Å². The van der Waals surface area contributed by atoms with Crippen LogP contribution in [0.25, 0.3) is 28.7 Å². The zero-order valence-corrected chi connectivity index (χ0v) is 31.1. The Hall–Kier alpha value is -3.90. The van der Waals surface area contributed by atoms with Gasteiger partial charge in [0.05, 0.1) is 7.11 Å². The Bertz CT molecular complexity index is 1580. The predicted octanol–water partition coefficient (Wildman–Crippen LogP) is 10.8. The Kier molecular flexibility index (Phi) is 19.9. The maximum atomic E-state index is 5.81. The van der Waals surface area contributed by atoms with E-state index in [9.17, 15) is 0 Å². The summed E-state index contributed by atoms with van der Waals surface area (Å²) < 4.78 is 26.7. The van der Waals surface area contributed by atoms with E-state index in [2.05, 4.69) is 0 Å². The van der Waals surface area contributed by atoms with E-state index in [4.69, 9.17) is 71.9 Å². The molecule has 4 aromatic rings. The lowest BCUT2D eigenvalue weighted by Crippen LogP contribution is -2.26. The van der Waals surface area contributed by atoms with Crippen LogP contribution in [0.4, 0.5) is 0 Å². The van der Waals surface area contributed by atoms with Crippen LogP contribution in [0.5, 0.6) is 5.95 Å². The molecule has 2 aromatic carbocycles. The zero-order chi connectivity index (χ0) is 34.8. The van der Waals surface area contributed by atoms with Crippen molar-refractivity contribution in [3.63, 3.8) is 0 Å². The van der Waals surface area contributed by atoms with Crippen molar-refractivity contribution in [3.05, 3.63) is 96.4 Å². The lowest BCUT2D eigenvalue weighted by atomic mass is 10.2. The molecule has 48 heavy (non-hydrogen) atoms. The predicted molar refractivity (Wildman–Crippen MR) is 214 cm³/mol. The quantitative estimate of drug-likeness (QED) is 0.141. The Morgan fingerprint density at radius 1 is 0.688 bits per heavy atom. The third-order valence-corrected chi connectivity index (χ3v) is 7.55. The number of nitrogens with zero attached hydrogens (tertiary/aromatic N) is 2. The molecule has 0 N–H and O–H groups in total. The maximum absolute atomic E-state index is 5.81. The van der Waals surface area contributed by atoms with Gasteiger partial charge in [0.2, 0.25) is 0 Å². The fourth-order valence-electron chi connectivity index (χ4n) is 3.96. The summed E-state index contributed by atoms with van der Waals surface area (Å²) in [6, 6.07) is 27.4. The van der Waals surface area contributed by atoms with Crippen LogP contribution in [-0.4, -0.2) is 56.9 Å². The van der Waals surface area contributed by atoms with Crippen LogP contribution < -0.4 is 4.74 Å². The van der Waals surface area contributed by atoms with Crippen molar-refractivity contribution in [2.75, 3.05) is 26.8 Å².